The molecule has 1 rings (SSSR count). The number of hydrogen-bond acceptors (Lipinski definition) is 2. The van der Waals surface area contributed by atoms with Gasteiger partial charge in [-0.25, -0.2) is 4.39 Å². The van der Waals surface area contributed by atoms with Crippen LogP contribution < -0.4 is 5.32 Å². The SMILES string of the molecule is CCCNC(COCC)Cc1cc(F)ccc1Br. The van der Waals surface area contributed by atoms with Gasteiger partial charge >= 0.3 is 0 Å². The first kappa shape index (κ1) is 15.6. The zero-order valence-corrected chi connectivity index (χ0v) is 12.6. The van der Waals surface area contributed by atoms with Gasteiger partial charge in [-0.2, -0.15) is 0 Å². The molecule has 102 valence electrons. The lowest BCUT2D eigenvalue weighted by Gasteiger charge is -2.19. The highest BCUT2D eigenvalue weighted by Gasteiger charge is 2.11. The maximum atomic E-state index is 13.2. The van der Waals surface area contributed by atoms with E-state index in [2.05, 4.69) is 28.2 Å². The number of benzene rings is 1. The standard InChI is InChI=1S/C14H21BrFNO/c1-3-7-17-13(10-18-4-2)9-11-8-12(16)5-6-14(11)15/h5-6,8,13,17H,3-4,7,9-10H2,1-2H3. The third-order valence-electron chi connectivity index (χ3n) is 2.68. The van der Waals surface area contributed by atoms with Gasteiger partial charge in [0.2, 0.25) is 0 Å². The van der Waals surface area contributed by atoms with Crippen LogP contribution in [0.5, 0.6) is 0 Å². The molecule has 2 nitrogen and oxygen atoms in total. The summed E-state index contributed by atoms with van der Waals surface area (Å²) in [6, 6.07) is 5.02. The second-order valence-electron chi connectivity index (χ2n) is 4.25. The maximum absolute atomic E-state index is 13.2. The van der Waals surface area contributed by atoms with E-state index in [4.69, 9.17) is 4.74 Å². The summed E-state index contributed by atoms with van der Waals surface area (Å²) in [5, 5.41) is 3.43. The quantitative estimate of drug-likeness (QED) is 0.792. The van der Waals surface area contributed by atoms with Crippen molar-refractivity contribution in [1.29, 1.82) is 0 Å². The lowest BCUT2D eigenvalue weighted by atomic mass is 10.1. The van der Waals surface area contributed by atoms with E-state index in [-0.39, 0.29) is 11.9 Å². The molecule has 1 N–H and O–H groups in total. The first-order chi connectivity index (χ1) is 8.67. The van der Waals surface area contributed by atoms with Crippen molar-refractivity contribution < 1.29 is 9.13 Å². The Labute approximate surface area is 117 Å². The molecule has 0 aliphatic heterocycles. The van der Waals surface area contributed by atoms with E-state index in [1.54, 1.807) is 12.1 Å². The Morgan fingerprint density at radius 2 is 2.17 bits per heavy atom. The molecule has 0 saturated heterocycles. The highest BCUT2D eigenvalue weighted by molar-refractivity contribution is 9.10. The normalized spacial score (nSPS) is 12.7. The predicted octanol–water partition coefficient (Wildman–Crippen LogP) is 3.54. The molecule has 4 heteroatoms. The second kappa shape index (κ2) is 8.62. The fraction of sp³-hybridized carbons (Fsp3) is 0.571. The summed E-state index contributed by atoms with van der Waals surface area (Å²) in [6.45, 7) is 6.41. The summed E-state index contributed by atoms with van der Waals surface area (Å²) in [6.07, 6.45) is 1.84. The van der Waals surface area contributed by atoms with Gasteiger partial charge in [0.15, 0.2) is 0 Å². The van der Waals surface area contributed by atoms with Crippen LogP contribution in [-0.4, -0.2) is 25.8 Å². The molecule has 0 fully saturated rings. The number of halogens is 2. The highest BCUT2D eigenvalue weighted by Crippen LogP contribution is 2.19. The molecule has 1 atom stereocenters. The van der Waals surface area contributed by atoms with Crippen LogP contribution in [-0.2, 0) is 11.2 Å². The predicted molar refractivity (Wildman–Crippen MR) is 76.4 cm³/mol. The van der Waals surface area contributed by atoms with Crippen LogP contribution in [0.1, 0.15) is 25.8 Å². The van der Waals surface area contributed by atoms with Gasteiger partial charge in [-0.05, 0) is 50.1 Å². The topological polar surface area (TPSA) is 21.3 Å². The third kappa shape index (κ3) is 5.46. The molecule has 0 radical (unpaired) electrons. The molecular formula is C14H21BrFNO. The largest absolute Gasteiger partial charge is 0.380 e. The van der Waals surface area contributed by atoms with Crippen LogP contribution in [0.3, 0.4) is 0 Å². The van der Waals surface area contributed by atoms with Crippen molar-refractivity contribution in [2.45, 2.75) is 32.7 Å². The Bertz CT molecular complexity index is 352. The molecule has 0 aliphatic carbocycles. The van der Waals surface area contributed by atoms with Gasteiger partial charge in [0, 0.05) is 17.1 Å². The van der Waals surface area contributed by atoms with Gasteiger partial charge in [0.25, 0.3) is 0 Å². The molecule has 1 aromatic carbocycles. The van der Waals surface area contributed by atoms with E-state index in [0.29, 0.717) is 13.2 Å². The zero-order chi connectivity index (χ0) is 13.4. The number of hydrogen-bond donors (Lipinski definition) is 1. The van der Waals surface area contributed by atoms with Gasteiger partial charge < -0.3 is 10.1 Å². The van der Waals surface area contributed by atoms with Gasteiger partial charge in [-0.3, -0.25) is 0 Å². The summed E-state index contributed by atoms with van der Waals surface area (Å²) in [4.78, 5) is 0. The summed E-state index contributed by atoms with van der Waals surface area (Å²) in [5.41, 5.74) is 0.975. The lowest BCUT2D eigenvalue weighted by Crippen LogP contribution is -2.36. The molecule has 0 heterocycles. The van der Waals surface area contributed by atoms with Crippen LogP contribution >= 0.6 is 15.9 Å². The average molecular weight is 318 g/mol. The number of ether oxygens (including phenoxy) is 1. The average Bonchev–Trinajstić information content (AvgIpc) is 2.37. The molecule has 18 heavy (non-hydrogen) atoms. The third-order valence-corrected chi connectivity index (χ3v) is 3.45. The van der Waals surface area contributed by atoms with Gasteiger partial charge in [0.1, 0.15) is 5.82 Å². The molecule has 0 aromatic heterocycles. The first-order valence-electron chi connectivity index (χ1n) is 6.42. The molecule has 1 unspecified atom stereocenters. The molecule has 0 aliphatic rings. The minimum Gasteiger partial charge on any atom is -0.380 e. The highest BCUT2D eigenvalue weighted by atomic mass is 79.9. The van der Waals surface area contributed by atoms with E-state index in [1.165, 1.54) is 6.07 Å². The van der Waals surface area contributed by atoms with Crippen molar-refractivity contribution in [3.63, 3.8) is 0 Å². The second-order valence-corrected chi connectivity index (χ2v) is 5.10. The van der Waals surface area contributed by atoms with Crippen molar-refractivity contribution in [1.82, 2.24) is 5.32 Å². The minimum absolute atomic E-state index is 0.196. The minimum atomic E-state index is -0.196. The van der Waals surface area contributed by atoms with Gasteiger partial charge in [-0.15, -0.1) is 0 Å². The first-order valence-corrected chi connectivity index (χ1v) is 7.21. The summed E-state index contributed by atoms with van der Waals surface area (Å²) < 4.78 is 19.6. The molecule has 0 amide bonds. The van der Waals surface area contributed by atoms with Crippen molar-refractivity contribution in [2.75, 3.05) is 19.8 Å². The van der Waals surface area contributed by atoms with Crippen molar-refractivity contribution >= 4 is 15.9 Å². The van der Waals surface area contributed by atoms with Crippen LogP contribution in [0, 0.1) is 5.82 Å². The van der Waals surface area contributed by atoms with Gasteiger partial charge in [-0.1, -0.05) is 22.9 Å². The van der Waals surface area contributed by atoms with Crippen molar-refractivity contribution in [3.8, 4) is 0 Å². The Morgan fingerprint density at radius 1 is 1.39 bits per heavy atom. The van der Waals surface area contributed by atoms with E-state index in [9.17, 15) is 4.39 Å². The Kier molecular flexibility index (Phi) is 7.47. The maximum Gasteiger partial charge on any atom is 0.123 e. The van der Waals surface area contributed by atoms with E-state index in [0.717, 1.165) is 29.4 Å². The molecule has 0 bridgehead atoms. The summed E-state index contributed by atoms with van der Waals surface area (Å²) >= 11 is 3.46. The molecule has 0 saturated carbocycles. The lowest BCUT2D eigenvalue weighted by molar-refractivity contribution is 0.122. The van der Waals surface area contributed by atoms with E-state index in [1.807, 2.05) is 6.92 Å². The Balaban J connectivity index is 2.65. The number of nitrogens with one attached hydrogen (secondary N) is 1. The molecule has 1 aromatic rings. The number of rotatable bonds is 8. The van der Waals surface area contributed by atoms with Crippen LogP contribution in [0.2, 0.25) is 0 Å². The monoisotopic (exact) mass is 317 g/mol. The fourth-order valence-corrected chi connectivity index (χ4v) is 2.17. The Morgan fingerprint density at radius 3 is 2.83 bits per heavy atom. The molecular weight excluding hydrogens is 297 g/mol. The van der Waals surface area contributed by atoms with Crippen molar-refractivity contribution in [2.24, 2.45) is 0 Å². The summed E-state index contributed by atoms with van der Waals surface area (Å²) in [7, 11) is 0. The van der Waals surface area contributed by atoms with Crippen LogP contribution in [0.15, 0.2) is 22.7 Å². The van der Waals surface area contributed by atoms with Crippen molar-refractivity contribution in [3.05, 3.63) is 34.1 Å². The van der Waals surface area contributed by atoms with Crippen LogP contribution in [0.25, 0.3) is 0 Å². The van der Waals surface area contributed by atoms with Crippen LogP contribution in [0.4, 0.5) is 4.39 Å². The van der Waals surface area contributed by atoms with Gasteiger partial charge in [0.05, 0.1) is 6.61 Å². The summed E-state index contributed by atoms with van der Waals surface area (Å²) in [5.74, 6) is -0.196. The Hall–Kier alpha value is -0.450. The zero-order valence-electron chi connectivity index (χ0n) is 11.0. The molecule has 0 spiro atoms. The van der Waals surface area contributed by atoms with E-state index >= 15 is 0 Å². The smallest absolute Gasteiger partial charge is 0.123 e. The van der Waals surface area contributed by atoms with E-state index < -0.39 is 0 Å². The fourth-order valence-electron chi connectivity index (χ4n) is 1.76.